The lowest BCUT2D eigenvalue weighted by molar-refractivity contribution is 0.0303. The largest absolute Gasteiger partial charge is 0.438 e. The van der Waals surface area contributed by atoms with Crippen LogP contribution < -0.4 is 15.8 Å². The Morgan fingerprint density at radius 1 is 1.11 bits per heavy atom. The molecule has 9 heteroatoms. The first-order valence-corrected chi connectivity index (χ1v) is 13.5. The highest BCUT2D eigenvalue weighted by molar-refractivity contribution is 7.17. The Balaban J connectivity index is 1.47. The molecular weight excluding hydrogens is 476 g/mol. The fourth-order valence-electron chi connectivity index (χ4n) is 5.05. The maximum atomic E-state index is 13.5. The van der Waals surface area contributed by atoms with Crippen molar-refractivity contribution in [1.82, 2.24) is 4.90 Å². The van der Waals surface area contributed by atoms with E-state index in [0.29, 0.717) is 42.5 Å². The lowest BCUT2D eigenvalue weighted by Gasteiger charge is -2.27. The first-order chi connectivity index (χ1) is 17.5. The minimum Gasteiger partial charge on any atom is -0.438 e. The number of amides is 2. The minimum absolute atomic E-state index is 0.0498. The fourth-order valence-corrected chi connectivity index (χ4v) is 6.32. The van der Waals surface area contributed by atoms with Gasteiger partial charge in [0.15, 0.2) is 0 Å². The molecule has 1 aromatic carbocycles. The molecule has 2 N–H and O–H groups in total. The van der Waals surface area contributed by atoms with Crippen LogP contribution in [0.15, 0.2) is 28.7 Å². The van der Waals surface area contributed by atoms with Gasteiger partial charge in [-0.05, 0) is 63.3 Å². The van der Waals surface area contributed by atoms with Crippen molar-refractivity contribution >= 4 is 44.8 Å². The van der Waals surface area contributed by atoms with Gasteiger partial charge in [0, 0.05) is 48.2 Å². The van der Waals surface area contributed by atoms with E-state index in [1.54, 1.807) is 6.07 Å². The number of anilines is 2. The Bertz CT molecular complexity index is 1350. The second-order valence-corrected chi connectivity index (χ2v) is 10.3. The highest BCUT2D eigenvalue weighted by atomic mass is 32.1. The van der Waals surface area contributed by atoms with Crippen molar-refractivity contribution in [2.75, 3.05) is 49.6 Å². The van der Waals surface area contributed by atoms with Crippen LogP contribution in [0.25, 0.3) is 11.0 Å². The van der Waals surface area contributed by atoms with Crippen molar-refractivity contribution in [2.45, 2.75) is 39.5 Å². The second kappa shape index (κ2) is 10.4. The van der Waals surface area contributed by atoms with Gasteiger partial charge < -0.3 is 24.3 Å². The van der Waals surface area contributed by atoms with Crippen LogP contribution in [0.4, 0.5) is 10.7 Å². The summed E-state index contributed by atoms with van der Waals surface area (Å²) in [6, 6.07) is 7.52. The highest BCUT2D eigenvalue weighted by Crippen LogP contribution is 2.39. The highest BCUT2D eigenvalue weighted by Gasteiger charge is 2.30. The third-order valence-corrected chi connectivity index (χ3v) is 8.24. The fraction of sp³-hybridized carbons (Fsp3) is 0.444. The van der Waals surface area contributed by atoms with Gasteiger partial charge in [-0.1, -0.05) is 0 Å². The van der Waals surface area contributed by atoms with Crippen LogP contribution in [0.5, 0.6) is 0 Å². The van der Waals surface area contributed by atoms with Gasteiger partial charge in [-0.15, -0.1) is 11.3 Å². The van der Waals surface area contributed by atoms with E-state index in [9.17, 15) is 9.59 Å². The number of hydrogen-bond acceptors (Lipinski definition) is 7. The standard InChI is InChI=1S/C27H32N4O4S/c1-3-30(4-2)18-10-9-17-15-20(24(28)35-21(17)16-18)25(32)29-26-23(19-7-5-6-8-22(19)36-26)27(33)31-11-13-34-14-12-31/h9-10,15-16,28H,3-8,11-14H2,1-2H3,(H,29,32). The molecule has 1 fully saturated rings. The number of fused-ring (bicyclic) bond motifs is 2. The molecule has 36 heavy (non-hydrogen) atoms. The van der Waals surface area contributed by atoms with E-state index in [1.165, 1.54) is 16.2 Å². The Morgan fingerprint density at radius 3 is 2.61 bits per heavy atom. The average Bonchev–Trinajstić information content (AvgIpc) is 3.26. The van der Waals surface area contributed by atoms with E-state index in [-0.39, 0.29) is 17.0 Å². The van der Waals surface area contributed by atoms with Gasteiger partial charge in [-0.3, -0.25) is 15.0 Å². The summed E-state index contributed by atoms with van der Waals surface area (Å²) < 4.78 is 11.2. The SMILES string of the molecule is CCN(CC)c1ccc2cc(C(=O)Nc3sc4c(c3C(=O)N3CCOCC3)CCCC4)c(=N)oc2c1. The lowest BCUT2D eigenvalue weighted by atomic mass is 9.95. The van der Waals surface area contributed by atoms with E-state index in [1.807, 2.05) is 23.1 Å². The molecule has 1 aliphatic heterocycles. The normalized spacial score (nSPS) is 15.6. The van der Waals surface area contributed by atoms with Gasteiger partial charge in [0.1, 0.15) is 16.1 Å². The average molecular weight is 509 g/mol. The molecule has 0 atom stereocenters. The molecule has 1 saturated heterocycles. The van der Waals surface area contributed by atoms with Crippen molar-refractivity contribution < 1.29 is 18.7 Å². The van der Waals surface area contributed by atoms with E-state index >= 15 is 0 Å². The molecule has 8 nitrogen and oxygen atoms in total. The summed E-state index contributed by atoms with van der Waals surface area (Å²) in [6.07, 6.45) is 3.89. The molecular formula is C27H32N4O4S. The van der Waals surface area contributed by atoms with E-state index < -0.39 is 5.91 Å². The number of hydrogen-bond donors (Lipinski definition) is 2. The first kappa shape index (κ1) is 24.5. The quantitative estimate of drug-likeness (QED) is 0.514. The number of benzene rings is 1. The third kappa shape index (κ3) is 4.65. The number of rotatable bonds is 6. The van der Waals surface area contributed by atoms with Gasteiger partial charge in [-0.25, -0.2) is 0 Å². The number of carbonyl (C=O) groups is 2. The van der Waals surface area contributed by atoms with Gasteiger partial charge in [0.05, 0.1) is 18.8 Å². The monoisotopic (exact) mass is 508 g/mol. The number of ether oxygens (including phenoxy) is 1. The summed E-state index contributed by atoms with van der Waals surface area (Å²) in [5.74, 6) is -0.487. The Labute approximate surface area is 214 Å². The van der Waals surface area contributed by atoms with Crippen molar-refractivity contribution in [3.05, 3.63) is 51.4 Å². The Hall–Kier alpha value is -3.17. The number of morpholine rings is 1. The zero-order valence-corrected chi connectivity index (χ0v) is 21.6. The molecule has 0 saturated carbocycles. The van der Waals surface area contributed by atoms with Gasteiger partial charge in [0.25, 0.3) is 11.8 Å². The first-order valence-electron chi connectivity index (χ1n) is 12.7. The summed E-state index contributed by atoms with van der Waals surface area (Å²) >= 11 is 1.49. The number of thiophene rings is 1. The van der Waals surface area contributed by atoms with Crippen molar-refractivity contribution in [3.8, 4) is 0 Å². The van der Waals surface area contributed by atoms with Gasteiger partial charge in [-0.2, -0.15) is 0 Å². The summed E-state index contributed by atoms with van der Waals surface area (Å²) in [5, 5.41) is 12.7. The number of carbonyl (C=O) groups excluding carboxylic acids is 2. The van der Waals surface area contributed by atoms with Gasteiger partial charge in [0.2, 0.25) is 5.55 Å². The Morgan fingerprint density at radius 2 is 1.86 bits per heavy atom. The number of aryl methyl sites for hydroxylation is 1. The van der Waals surface area contributed by atoms with E-state index in [4.69, 9.17) is 14.6 Å². The molecule has 3 heterocycles. The van der Waals surface area contributed by atoms with Crippen LogP contribution in [0, 0.1) is 5.41 Å². The minimum atomic E-state index is -0.437. The van der Waals surface area contributed by atoms with Crippen LogP contribution in [-0.4, -0.2) is 56.1 Å². The third-order valence-electron chi connectivity index (χ3n) is 7.04. The predicted octanol–water partition coefficient (Wildman–Crippen LogP) is 4.42. The van der Waals surface area contributed by atoms with Crippen LogP contribution in [0.3, 0.4) is 0 Å². The smallest absolute Gasteiger partial charge is 0.261 e. The molecule has 5 rings (SSSR count). The van der Waals surface area contributed by atoms with Crippen LogP contribution in [0.1, 0.15) is 57.8 Å². The van der Waals surface area contributed by atoms with E-state index in [0.717, 1.165) is 55.4 Å². The van der Waals surface area contributed by atoms with Crippen molar-refractivity contribution in [1.29, 1.82) is 5.41 Å². The predicted molar refractivity (Wildman–Crippen MR) is 141 cm³/mol. The molecule has 2 aliphatic rings. The molecule has 190 valence electrons. The van der Waals surface area contributed by atoms with E-state index in [2.05, 4.69) is 24.1 Å². The maximum Gasteiger partial charge on any atom is 0.261 e. The summed E-state index contributed by atoms with van der Waals surface area (Å²) in [5.41, 5.74) is 3.21. The molecule has 1 aliphatic carbocycles. The van der Waals surface area contributed by atoms with Crippen LogP contribution in [-0.2, 0) is 17.6 Å². The number of nitrogens with one attached hydrogen (secondary N) is 2. The molecule has 0 unspecified atom stereocenters. The second-order valence-electron chi connectivity index (χ2n) is 9.16. The molecule has 3 aromatic rings. The maximum absolute atomic E-state index is 13.5. The van der Waals surface area contributed by atoms with Crippen molar-refractivity contribution in [2.24, 2.45) is 0 Å². The van der Waals surface area contributed by atoms with Crippen LogP contribution in [0.2, 0.25) is 0 Å². The van der Waals surface area contributed by atoms with Crippen molar-refractivity contribution in [3.63, 3.8) is 0 Å². The molecule has 0 bridgehead atoms. The zero-order chi connectivity index (χ0) is 25.2. The van der Waals surface area contributed by atoms with Crippen LogP contribution >= 0.6 is 11.3 Å². The molecule has 2 aromatic heterocycles. The zero-order valence-electron chi connectivity index (χ0n) is 20.8. The molecule has 0 spiro atoms. The topological polar surface area (TPSA) is 98.9 Å². The molecule has 0 radical (unpaired) electrons. The summed E-state index contributed by atoms with van der Waals surface area (Å²) in [4.78, 5) is 32.1. The van der Waals surface area contributed by atoms with Gasteiger partial charge >= 0.3 is 0 Å². The lowest BCUT2D eigenvalue weighted by Crippen LogP contribution is -2.41. The summed E-state index contributed by atoms with van der Waals surface area (Å²) in [7, 11) is 0. The number of nitrogens with zero attached hydrogens (tertiary/aromatic N) is 2. The Kier molecular flexibility index (Phi) is 7.11. The molecule has 2 amide bonds. The summed E-state index contributed by atoms with van der Waals surface area (Å²) in [6.45, 7) is 8.06.